The van der Waals surface area contributed by atoms with Gasteiger partial charge in [0.15, 0.2) is 0 Å². The van der Waals surface area contributed by atoms with Crippen LogP contribution in [0.15, 0.2) is 53.5 Å². The Morgan fingerprint density at radius 2 is 1.93 bits per heavy atom. The highest BCUT2D eigenvalue weighted by Gasteiger charge is 2.15. The molecule has 0 saturated heterocycles. The quantitative estimate of drug-likeness (QED) is 0.557. The van der Waals surface area contributed by atoms with Gasteiger partial charge in [0.25, 0.3) is 11.5 Å². The molecule has 0 spiro atoms. The third-order valence-corrected chi connectivity index (χ3v) is 5.08. The zero-order valence-electron chi connectivity index (χ0n) is 15.0. The van der Waals surface area contributed by atoms with E-state index in [4.69, 9.17) is 0 Å². The van der Waals surface area contributed by atoms with Crippen LogP contribution in [0.25, 0.3) is 10.8 Å². The van der Waals surface area contributed by atoms with E-state index in [2.05, 4.69) is 25.0 Å². The monoisotopic (exact) mass is 392 g/mol. The summed E-state index contributed by atoms with van der Waals surface area (Å²) in [6.45, 7) is 2.17. The van der Waals surface area contributed by atoms with Crippen LogP contribution < -0.4 is 10.9 Å². The van der Waals surface area contributed by atoms with Gasteiger partial charge in [0.05, 0.1) is 35.6 Å². The first-order valence-electron chi connectivity index (χ1n) is 8.59. The lowest BCUT2D eigenvalue weighted by Gasteiger charge is -2.11. The summed E-state index contributed by atoms with van der Waals surface area (Å²) >= 11 is 1.05. The summed E-state index contributed by atoms with van der Waals surface area (Å²) in [5.41, 5.74) is 1.72. The van der Waals surface area contributed by atoms with Crippen LogP contribution >= 0.6 is 11.5 Å². The fourth-order valence-corrected chi connectivity index (χ4v) is 3.45. The molecule has 0 bridgehead atoms. The molecule has 0 saturated carbocycles. The number of carbonyl (C=O) groups excluding carboxylic acids is 1. The van der Waals surface area contributed by atoms with Crippen molar-refractivity contribution in [3.8, 4) is 0 Å². The molecule has 3 heterocycles. The van der Waals surface area contributed by atoms with Crippen LogP contribution in [-0.2, 0) is 13.1 Å². The van der Waals surface area contributed by atoms with Gasteiger partial charge in [-0.25, -0.2) is 4.68 Å². The smallest absolute Gasteiger partial charge is 0.275 e. The molecule has 0 aliphatic carbocycles. The number of pyridine rings is 1. The van der Waals surface area contributed by atoms with Gasteiger partial charge in [0, 0.05) is 11.6 Å². The van der Waals surface area contributed by atoms with Gasteiger partial charge < -0.3 is 5.32 Å². The number of aromatic nitrogens is 5. The first kappa shape index (κ1) is 17.9. The number of benzene rings is 1. The molecule has 0 atom stereocenters. The zero-order valence-corrected chi connectivity index (χ0v) is 15.8. The van der Waals surface area contributed by atoms with Crippen molar-refractivity contribution in [2.24, 2.45) is 0 Å². The molecule has 8 nitrogen and oxygen atoms in total. The van der Waals surface area contributed by atoms with E-state index in [1.54, 1.807) is 19.2 Å². The third-order valence-electron chi connectivity index (χ3n) is 4.26. The predicted molar refractivity (Wildman–Crippen MR) is 105 cm³/mol. The van der Waals surface area contributed by atoms with Crippen molar-refractivity contribution in [2.75, 3.05) is 0 Å². The number of nitrogens with one attached hydrogen (secondary N) is 1. The fourth-order valence-electron chi connectivity index (χ4n) is 2.87. The van der Waals surface area contributed by atoms with E-state index < -0.39 is 0 Å². The van der Waals surface area contributed by atoms with Crippen molar-refractivity contribution in [1.82, 2.24) is 29.7 Å². The maximum absolute atomic E-state index is 12.8. The predicted octanol–water partition coefficient (Wildman–Crippen LogP) is 1.93. The van der Waals surface area contributed by atoms with E-state index in [9.17, 15) is 9.59 Å². The lowest BCUT2D eigenvalue weighted by molar-refractivity contribution is 0.0953. The van der Waals surface area contributed by atoms with E-state index in [1.807, 2.05) is 36.4 Å². The molecular formula is C19H16N6O2S. The number of rotatable bonds is 5. The molecule has 0 fully saturated rings. The molecule has 0 aliphatic rings. The standard InChI is InChI=1S/C19H16N6O2S/c1-12-17(28-24-22-12)18(26)21-10-16-14-7-2-3-8-15(14)19(27)25(23-16)11-13-6-4-5-9-20-13/h2-9H,10-11H2,1H3,(H,21,26). The summed E-state index contributed by atoms with van der Waals surface area (Å²) in [5, 5.41) is 12.5. The third kappa shape index (κ3) is 3.52. The Bertz CT molecular complexity index is 1200. The highest BCUT2D eigenvalue weighted by atomic mass is 32.1. The average molecular weight is 392 g/mol. The molecule has 4 rings (SSSR count). The van der Waals surface area contributed by atoms with Gasteiger partial charge in [-0.05, 0) is 36.7 Å². The molecule has 0 radical (unpaired) electrons. The van der Waals surface area contributed by atoms with Crippen LogP contribution in [0.5, 0.6) is 0 Å². The van der Waals surface area contributed by atoms with E-state index in [0.29, 0.717) is 27.0 Å². The summed E-state index contributed by atoms with van der Waals surface area (Å²) in [6.07, 6.45) is 1.67. The highest BCUT2D eigenvalue weighted by Crippen LogP contribution is 2.14. The maximum atomic E-state index is 12.8. The summed E-state index contributed by atoms with van der Waals surface area (Å²) in [5.74, 6) is -0.263. The van der Waals surface area contributed by atoms with Crippen molar-refractivity contribution in [3.63, 3.8) is 0 Å². The van der Waals surface area contributed by atoms with Crippen LogP contribution in [-0.4, -0.2) is 30.3 Å². The van der Waals surface area contributed by atoms with Gasteiger partial charge in [-0.15, -0.1) is 5.10 Å². The Morgan fingerprint density at radius 1 is 1.14 bits per heavy atom. The van der Waals surface area contributed by atoms with E-state index in [0.717, 1.165) is 17.2 Å². The molecule has 1 aromatic carbocycles. The number of fused-ring (bicyclic) bond motifs is 1. The van der Waals surface area contributed by atoms with E-state index in [1.165, 1.54) is 4.68 Å². The second-order valence-electron chi connectivity index (χ2n) is 6.15. The van der Waals surface area contributed by atoms with Crippen molar-refractivity contribution in [2.45, 2.75) is 20.0 Å². The minimum atomic E-state index is -0.263. The minimum absolute atomic E-state index is 0.180. The van der Waals surface area contributed by atoms with Crippen molar-refractivity contribution in [3.05, 3.63) is 81.0 Å². The van der Waals surface area contributed by atoms with Crippen LogP contribution in [0.4, 0.5) is 0 Å². The second kappa shape index (κ2) is 7.65. The molecule has 0 aliphatic heterocycles. The highest BCUT2D eigenvalue weighted by molar-refractivity contribution is 7.07. The molecule has 1 amide bonds. The Morgan fingerprint density at radius 3 is 2.64 bits per heavy atom. The number of amides is 1. The SMILES string of the molecule is Cc1nnsc1C(=O)NCc1nn(Cc2ccccn2)c(=O)c2ccccc12. The van der Waals surface area contributed by atoms with Crippen molar-refractivity contribution in [1.29, 1.82) is 0 Å². The minimum Gasteiger partial charge on any atom is -0.345 e. The summed E-state index contributed by atoms with van der Waals surface area (Å²) < 4.78 is 5.16. The van der Waals surface area contributed by atoms with Gasteiger partial charge in [0.1, 0.15) is 4.88 Å². The van der Waals surface area contributed by atoms with Gasteiger partial charge in [0.2, 0.25) is 0 Å². The Balaban J connectivity index is 1.69. The summed E-state index contributed by atoms with van der Waals surface area (Å²) in [4.78, 5) is 29.9. The van der Waals surface area contributed by atoms with E-state index >= 15 is 0 Å². The first-order chi connectivity index (χ1) is 13.6. The van der Waals surface area contributed by atoms with Gasteiger partial charge >= 0.3 is 0 Å². The molecule has 28 heavy (non-hydrogen) atoms. The Kier molecular flexibility index (Phi) is 4.90. The fraction of sp³-hybridized carbons (Fsp3) is 0.158. The lowest BCUT2D eigenvalue weighted by atomic mass is 10.1. The molecule has 1 N–H and O–H groups in total. The lowest BCUT2D eigenvalue weighted by Crippen LogP contribution is -2.29. The zero-order chi connectivity index (χ0) is 19.5. The maximum Gasteiger partial charge on any atom is 0.275 e. The topological polar surface area (TPSA) is 103 Å². The van der Waals surface area contributed by atoms with Gasteiger partial charge in [-0.2, -0.15) is 5.10 Å². The van der Waals surface area contributed by atoms with Crippen LogP contribution in [0.3, 0.4) is 0 Å². The van der Waals surface area contributed by atoms with Crippen LogP contribution in [0.1, 0.15) is 26.8 Å². The molecule has 4 aromatic rings. The van der Waals surface area contributed by atoms with Gasteiger partial charge in [-0.3, -0.25) is 14.6 Å². The normalized spacial score (nSPS) is 10.9. The molecule has 140 valence electrons. The average Bonchev–Trinajstić information content (AvgIpc) is 3.16. The summed E-state index contributed by atoms with van der Waals surface area (Å²) in [6, 6.07) is 12.8. The number of hydrogen-bond acceptors (Lipinski definition) is 7. The van der Waals surface area contributed by atoms with Crippen molar-refractivity contribution < 1.29 is 4.79 Å². The molecule has 9 heteroatoms. The number of hydrogen-bond donors (Lipinski definition) is 1. The second-order valence-corrected chi connectivity index (χ2v) is 6.90. The van der Waals surface area contributed by atoms with Crippen LogP contribution in [0, 0.1) is 6.92 Å². The molecular weight excluding hydrogens is 376 g/mol. The number of aryl methyl sites for hydroxylation is 1. The number of carbonyl (C=O) groups is 1. The van der Waals surface area contributed by atoms with Crippen molar-refractivity contribution >= 4 is 28.2 Å². The summed E-state index contributed by atoms with van der Waals surface area (Å²) in [7, 11) is 0. The Labute approximate surface area is 164 Å². The molecule has 3 aromatic heterocycles. The van der Waals surface area contributed by atoms with E-state index in [-0.39, 0.29) is 24.6 Å². The van der Waals surface area contributed by atoms with Crippen LogP contribution in [0.2, 0.25) is 0 Å². The molecule has 0 unspecified atom stereocenters. The number of nitrogens with zero attached hydrogens (tertiary/aromatic N) is 5. The first-order valence-corrected chi connectivity index (χ1v) is 9.36. The Hall–Kier alpha value is -3.46. The largest absolute Gasteiger partial charge is 0.345 e. The van der Waals surface area contributed by atoms with Gasteiger partial charge in [-0.1, -0.05) is 28.8 Å².